The second-order valence-electron chi connectivity index (χ2n) is 4.14. The quantitative estimate of drug-likeness (QED) is 0.815. The molecule has 0 fully saturated rings. The molecule has 0 aliphatic rings. The molecule has 0 saturated heterocycles. The monoisotopic (exact) mass is 227 g/mol. The molecule has 0 aliphatic carbocycles. The van der Waals surface area contributed by atoms with Crippen LogP contribution in [0.4, 0.5) is 0 Å². The van der Waals surface area contributed by atoms with Gasteiger partial charge in [-0.3, -0.25) is 0 Å². The summed E-state index contributed by atoms with van der Waals surface area (Å²) < 4.78 is 0. The third-order valence-electron chi connectivity index (χ3n) is 3.00. The van der Waals surface area contributed by atoms with E-state index in [9.17, 15) is 0 Å². The van der Waals surface area contributed by atoms with Crippen molar-refractivity contribution >= 4 is 0 Å². The number of benzene rings is 2. The van der Waals surface area contributed by atoms with E-state index in [2.05, 4.69) is 24.3 Å². The summed E-state index contributed by atoms with van der Waals surface area (Å²) in [6, 6.07) is 20.6. The van der Waals surface area contributed by atoms with Gasteiger partial charge in [0.25, 0.3) is 0 Å². The fourth-order valence-corrected chi connectivity index (χ4v) is 2.13. The van der Waals surface area contributed by atoms with Gasteiger partial charge < -0.3 is 4.84 Å². The first-order valence-electron chi connectivity index (χ1n) is 5.78. The normalized spacial score (nSPS) is 12.6. The molecule has 2 heteroatoms. The molecule has 0 aliphatic heterocycles. The van der Waals surface area contributed by atoms with Gasteiger partial charge in [-0.2, -0.15) is 0 Å². The molecule has 0 aromatic heterocycles. The van der Waals surface area contributed by atoms with Gasteiger partial charge in [-0.15, -0.1) is 0 Å². The zero-order valence-corrected chi connectivity index (χ0v) is 9.91. The molecule has 1 atom stereocenters. The van der Waals surface area contributed by atoms with E-state index >= 15 is 0 Å². The van der Waals surface area contributed by atoms with E-state index in [1.54, 1.807) is 0 Å². The molecule has 88 valence electrons. The van der Waals surface area contributed by atoms with Gasteiger partial charge in [0.1, 0.15) is 0 Å². The Morgan fingerprint density at radius 3 is 1.59 bits per heavy atom. The van der Waals surface area contributed by atoms with Gasteiger partial charge in [-0.05, 0) is 18.1 Å². The molecule has 2 aromatic carbocycles. The van der Waals surface area contributed by atoms with Crippen LogP contribution in [0.1, 0.15) is 24.0 Å². The Labute approximate surface area is 102 Å². The van der Waals surface area contributed by atoms with E-state index in [1.807, 2.05) is 43.3 Å². The maximum absolute atomic E-state index is 5.35. The van der Waals surface area contributed by atoms with Gasteiger partial charge >= 0.3 is 0 Å². The van der Waals surface area contributed by atoms with Crippen LogP contribution >= 0.6 is 0 Å². The molecule has 0 heterocycles. The Bertz CT molecular complexity index is 401. The van der Waals surface area contributed by atoms with Gasteiger partial charge in [0.2, 0.25) is 0 Å². The van der Waals surface area contributed by atoms with Gasteiger partial charge in [0.15, 0.2) is 0 Å². The van der Waals surface area contributed by atoms with E-state index in [4.69, 9.17) is 10.7 Å². The topological polar surface area (TPSA) is 35.2 Å². The predicted molar refractivity (Wildman–Crippen MR) is 69.5 cm³/mol. The third-order valence-corrected chi connectivity index (χ3v) is 3.00. The van der Waals surface area contributed by atoms with Crippen LogP contribution in [0.15, 0.2) is 60.7 Å². The van der Waals surface area contributed by atoms with Crippen molar-refractivity contribution in [2.45, 2.75) is 18.9 Å². The van der Waals surface area contributed by atoms with Crippen LogP contribution in [0, 0.1) is 0 Å². The first-order chi connectivity index (χ1) is 8.33. The van der Waals surface area contributed by atoms with Gasteiger partial charge in [0.05, 0.1) is 6.10 Å². The van der Waals surface area contributed by atoms with Crippen molar-refractivity contribution in [1.82, 2.24) is 0 Å². The van der Waals surface area contributed by atoms with Crippen molar-refractivity contribution in [3.8, 4) is 0 Å². The molecule has 17 heavy (non-hydrogen) atoms. The minimum Gasteiger partial charge on any atom is -0.301 e. The second-order valence-corrected chi connectivity index (χ2v) is 4.14. The zero-order valence-electron chi connectivity index (χ0n) is 9.91. The molecule has 2 N–H and O–H groups in total. The lowest BCUT2D eigenvalue weighted by Gasteiger charge is -2.23. The number of hydrogen-bond donors (Lipinski definition) is 1. The van der Waals surface area contributed by atoms with E-state index in [0.29, 0.717) is 0 Å². The average Bonchev–Trinajstić information content (AvgIpc) is 2.41. The van der Waals surface area contributed by atoms with Crippen molar-refractivity contribution in [2.24, 2.45) is 5.90 Å². The average molecular weight is 227 g/mol. The van der Waals surface area contributed by atoms with Crippen LogP contribution in [-0.2, 0) is 4.84 Å². The van der Waals surface area contributed by atoms with Crippen molar-refractivity contribution < 1.29 is 4.84 Å². The summed E-state index contributed by atoms with van der Waals surface area (Å²) in [6.07, 6.45) is -0.0557. The lowest BCUT2D eigenvalue weighted by atomic mass is 9.87. The highest BCUT2D eigenvalue weighted by atomic mass is 16.6. The molecular weight excluding hydrogens is 210 g/mol. The molecular formula is C15H17NO. The van der Waals surface area contributed by atoms with Gasteiger partial charge in [-0.1, -0.05) is 60.7 Å². The van der Waals surface area contributed by atoms with Gasteiger partial charge in [0, 0.05) is 5.92 Å². The van der Waals surface area contributed by atoms with E-state index < -0.39 is 0 Å². The van der Waals surface area contributed by atoms with E-state index in [-0.39, 0.29) is 12.0 Å². The Morgan fingerprint density at radius 1 is 0.824 bits per heavy atom. The minimum absolute atomic E-state index is 0.0557. The smallest absolute Gasteiger partial charge is 0.0868 e. The molecule has 0 saturated carbocycles. The second kappa shape index (κ2) is 5.62. The Kier molecular flexibility index (Phi) is 3.91. The van der Waals surface area contributed by atoms with Crippen LogP contribution in [0.5, 0.6) is 0 Å². The van der Waals surface area contributed by atoms with Crippen molar-refractivity contribution in [3.05, 3.63) is 71.8 Å². The highest BCUT2D eigenvalue weighted by Crippen LogP contribution is 2.28. The standard InChI is InChI=1S/C15H17NO/c1-12(17-16)15(13-8-4-2-5-9-13)14-10-6-3-7-11-14/h2-12,15H,16H2,1H3. The summed E-state index contributed by atoms with van der Waals surface area (Å²) in [4.78, 5) is 5.02. The van der Waals surface area contributed by atoms with E-state index in [1.165, 1.54) is 11.1 Å². The van der Waals surface area contributed by atoms with Crippen molar-refractivity contribution in [1.29, 1.82) is 0 Å². The summed E-state index contributed by atoms with van der Waals surface area (Å²) >= 11 is 0. The molecule has 0 radical (unpaired) electrons. The largest absolute Gasteiger partial charge is 0.301 e. The third kappa shape index (κ3) is 2.73. The SMILES string of the molecule is CC(ON)C(c1ccccc1)c1ccccc1. The maximum Gasteiger partial charge on any atom is 0.0868 e. The summed E-state index contributed by atoms with van der Waals surface area (Å²) in [5, 5.41) is 0. The summed E-state index contributed by atoms with van der Waals surface area (Å²) in [5.41, 5.74) is 2.44. The molecule has 0 spiro atoms. The lowest BCUT2D eigenvalue weighted by molar-refractivity contribution is 0.0553. The molecule has 0 amide bonds. The molecule has 1 unspecified atom stereocenters. The first kappa shape index (κ1) is 11.8. The number of rotatable bonds is 4. The molecule has 2 rings (SSSR count). The van der Waals surface area contributed by atoms with Crippen LogP contribution in [0.2, 0.25) is 0 Å². The fraction of sp³-hybridized carbons (Fsp3) is 0.200. The zero-order chi connectivity index (χ0) is 12.1. The molecule has 2 nitrogen and oxygen atoms in total. The molecule has 2 aromatic rings. The Balaban J connectivity index is 2.39. The van der Waals surface area contributed by atoms with Crippen molar-refractivity contribution in [2.75, 3.05) is 0 Å². The van der Waals surface area contributed by atoms with Crippen LogP contribution < -0.4 is 5.90 Å². The van der Waals surface area contributed by atoms with Crippen molar-refractivity contribution in [3.63, 3.8) is 0 Å². The Morgan fingerprint density at radius 2 is 1.24 bits per heavy atom. The summed E-state index contributed by atoms with van der Waals surface area (Å²) in [6.45, 7) is 1.99. The minimum atomic E-state index is -0.0557. The highest BCUT2D eigenvalue weighted by molar-refractivity contribution is 5.33. The lowest BCUT2D eigenvalue weighted by Crippen LogP contribution is -2.23. The number of hydrogen-bond acceptors (Lipinski definition) is 2. The fourth-order valence-electron chi connectivity index (χ4n) is 2.13. The van der Waals surface area contributed by atoms with Gasteiger partial charge in [-0.25, -0.2) is 5.90 Å². The first-order valence-corrected chi connectivity index (χ1v) is 5.78. The molecule has 0 bridgehead atoms. The van der Waals surface area contributed by atoms with Crippen LogP contribution in [0.3, 0.4) is 0 Å². The predicted octanol–water partition coefficient (Wildman–Crippen LogP) is 3.10. The number of nitrogens with two attached hydrogens (primary N) is 1. The summed E-state index contributed by atoms with van der Waals surface area (Å²) in [7, 11) is 0. The Hall–Kier alpha value is -1.64. The summed E-state index contributed by atoms with van der Waals surface area (Å²) in [5.74, 6) is 5.52. The highest BCUT2D eigenvalue weighted by Gasteiger charge is 2.21. The maximum atomic E-state index is 5.35. The van der Waals surface area contributed by atoms with E-state index in [0.717, 1.165) is 0 Å². The van der Waals surface area contributed by atoms with Crippen LogP contribution in [0.25, 0.3) is 0 Å². The van der Waals surface area contributed by atoms with Crippen LogP contribution in [-0.4, -0.2) is 6.10 Å².